The molecule has 0 saturated heterocycles. The Morgan fingerprint density at radius 3 is 2.41 bits per heavy atom. The van der Waals surface area contributed by atoms with E-state index in [0.29, 0.717) is 19.0 Å². The topological polar surface area (TPSA) is 70.6 Å². The highest BCUT2D eigenvalue weighted by Gasteiger charge is 2.18. The van der Waals surface area contributed by atoms with Crippen LogP contribution in [0.25, 0.3) is 0 Å². The van der Waals surface area contributed by atoms with Crippen molar-refractivity contribution in [2.45, 2.75) is 25.3 Å². The molecule has 2 rings (SSSR count). The molecule has 0 radical (unpaired) electrons. The van der Waals surface area contributed by atoms with Gasteiger partial charge in [-0.2, -0.15) is 0 Å². The molecular formula is C19H25FIN3O2S. The van der Waals surface area contributed by atoms with Gasteiger partial charge in [0.25, 0.3) is 0 Å². The molecular weight excluding hydrogens is 480 g/mol. The molecule has 0 aliphatic heterocycles. The number of aryl methyl sites for hydroxylation is 1. The number of hydrogen-bond acceptors (Lipinski definition) is 3. The summed E-state index contributed by atoms with van der Waals surface area (Å²) in [5.74, 6) is -0.421. The molecule has 0 aliphatic rings. The Hall–Kier alpha value is -1.68. The third kappa shape index (κ3) is 7.10. The van der Waals surface area contributed by atoms with E-state index in [-0.39, 0.29) is 41.2 Å². The van der Waals surface area contributed by atoms with Crippen molar-refractivity contribution >= 4 is 39.8 Å². The SMILES string of the molecule is CCNC(=NCc1ccccc1C)NCCS(=O)(=O)c1ccccc1F.I. The first-order chi connectivity index (χ1) is 12.4. The maximum absolute atomic E-state index is 13.7. The van der Waals surface area contributed by atoms with E-state index in [2.05, 4.69) is 15.6 Å². The summed E-state index contributed by atoms with van der Waals surface area (Å²) in [4.78, 5) is 4.21. The van der Waals surface area contributed by atoms with E-state index in [0.717, 1.165) is 17.2 Å². The monoisotopic (exact) mass is 505 g/mol. The van der Waals surface area contributed by atoms with Crippen LogP contribution in [0.15, 0.2) is 58.4 Å². The van der Waals surface area contributed by atoms with E-state index < -0.39 is 15.7 Å². The van der Waals surface area contributed by atoms with E-state index in [1.165, 1.54) is 18.2 Å². The van der Waals surface area contributed by atoms with Gasteiger partial charge in [-0.05, 0) is 37.1 Å². The van der Waals surface area contributed by atoms with Crippen LogP contribution < -0.4 is 10.6 Å². The third-order valence-corrected chi connectivity index (χ3v) is 5.59. The molecule has 8 heteroatoms. The smallest absolute Gasteiger partial charge is 0.191 e. The van der Waals surface area contributed by atoms with Crippen LogP contribution in [-0.4, -0.2) is 33.2 Å². The highest BCUT2D eigenvalue weighted by molar-refractivity contribution is 14.0. The second kappa shape index (κ2) is 11.2. The summed E-state index contributed by atoms with van der Waals surface area (Å²) >= 11 is 0. The molecule has 0 aromatic heterocycles. The summed E-state index contributed by atoms with van der Waals surface area (Å²) in [5, 5.41) is 6.07. The number of aliphatic imine (C=N–C) groups is 1. The predicted octanol–water partition coefficient (Wildman–Crippen LogP) is 3.28. The van der Waals surface area contributed by atoms with Crippen molar-refractivity contribution in [3.05, 3.63) is 65.5 Å². The van der Waals surface area contributed by atoms with Crippen molar-refractivity contribution in [3.8, 4) is 0 Å². The summed E-state index contributed by atoms with van der Waals surface area (Å²) in [7, 11) is -3.70. The Labute approximate surface area is 177 Å². The van der Waals surface area contributed by atoms with Crippen LogP contribution >= 0.6 is 24.0 Å². The Morgan fingerprint density at radius 1 is 1.07 bits per heavy atom. The summed E-state index contributed by atoms with van der Waals surface area (Å²) in [6.45, 7) is 5.23. The van der Waals surface area contributed by atoms with Gasteiger partial charge in [0.2, 0.25) is 0 Å². The second-order valence-corrected chi connectivity index (χ2v) is 7.88. The standard InChI is InChI=1S/C19H24FN3O2S.HI/c1-3-21-19(23-14-16-9-5-4-8-15(16)2)22-12-13-26(24,25)18-11-7-6-10-17(18)20;/h4-11H,3,12-14H2,1-2H3,(H2,21,22,23);1H. The molecule has 0 spiro atoms. The Morgan fingerprint density at radius 2 is 1.74 bits per heavy atom. The van der Waals surface area contributed by atoms with Crippen LogP contribution in [-0.2, 0) is 16.4 Å². The van der Waals surface area contributed by atoms with Crippen LogP contribution in [0.5, 0.6) is 0 Å². The normalized spacial score (nSPS) is 11.6. The Balaban J connectivity index is 0.00000364. The fourth-order valence-corrected chi connectivity index (χ4v) is 3.65. The van der Waals surface area contributed by atoms with Gasteiger partial charge in [-0.3, -0.25) is 0 Å². The number of guanidine groups is 1. The highest BCUT2D eigenvalue weighted by atomic mass is 127. The minimum absolute atomic E-state index is 0. The molecule has 0 fully saturated rings. The van der Waals surface area contributed by atoms with Gasteiger partial charge in [-0.15, -0.1) is 24.0 Å². The zero-order chi connectivity index (χ0) is 19.0. The van der Waals surface area contributed by atoms with Gasteiger partial charge in [0, 0.05) is 13.1 Å². The van der Waals surface area contributed by atoms with E-state index in [1.807, 2.05) is 38.1 Å². The molecule has 0 heterocycles. The van der Waals surface area contributed by atoms with Crippen LogP contribution in [0.4, 0.5) is 4.39 Å². The average molecular weight is 505 g/mol. The molecule has 0 saturated carbocycles. The number of nitrogens with one attached hydrogen (secondary N) is 2. The van der Waals surface area contributed by atoms with Gasteiger partial charge in [0.15, 0.2) is 15.8 Å². The fourth-order valence-electron chi connectivity index (χ4n) is 2.40. The van der Waals surface area contributed by atoms with Gasteiger partial charge < -0.3 is 10.6 Å². The first-order valence-electron chi connectivity index (χ1n) is 8.48. The van der Waals surface area contributed by atoms with Crippen LogP contribution in [0.2, 0.25) is 0 Å². The van der Waals surface area contributed by atoms with Crippen molar-refractivity contribution in [1.82, 2.24) is 10.6 Å². The lowest BCUT2D eigenvalue weighted by molar-refractivity contribution is 0.566. The van der Waals surface area contributed by atoms with Gasteiger partial charge >= 0.3 is 0 Å². The average Bonchev–Trinajstić information content (AvgIpc) is 2.61. The molecule has 27 heavy (non-hydrogen) atoms. The number of nitrogens with zero attached hydrogens (tertiary/aromatic N) is 1. The lowest BCUT2D eigenvalue weighted by atomic mass is 10.1. The number of halogens is 2. The maximum atomic E-state index is 13.7. The Bertz CT molecular complexity index is 873. The molecule has 0 atom stereocenters. The summed E-state index contributed by atoms with van der Waals surface area (Å²) < 4.78 is 38.3. The molecule has 2 aromatic carbocycles. The van der Waals surface area contributed by atoms with Gasteiger partial charge in [0.1, 0.15) is 10.7 Å². The number of benzene rings is 2. The van der Waals surface area contributed by atoms with E-state index in [9.17, 15) is 12.8 Å². The fraction of sp³-hybridized carbons (Fsp3) is 0.316. The number of sulfone groups is 1. The van der Waals surface area contributed by atoms with Gasteiger partial charge in [-0.25, -0.2) is 17.8 Å². The lowest BCUT2D eigenvalue weighted by Crippen LogP contribution is -2.39. The van der Waals surface area contributed by atoms with Crippen molar-refractivity contribution in [2.24, 2.45) is 4.99 Å². The van der Waals surface area contributed by atoms with Crippen molar-refractivity contribution in [2.75, 3.05) is 18.8 Å². The molecule has 0 amide bonds. The van der Waals surface area contributed by atoms with Crippen molar-refractivity contribution < 1.29 is 12.8 Å². The van der Waals surface area contributed by atoms with Crippen molar-refractivity contribution in [1.29, 1.82) is 0 Å². The zero-order valence-electron chi connectivity index (χ0n) is 15.4. The predicted molar refractivity (Wildman–Crippen MR) is 118 cm³/mol. The first kappa shape index (κ1) is 23.4. The van der Waals surface area contributed by atoms with Gasteiger partial charge in [0.05, 0.1) is 12.3 Å². The minimum atomic E-state index is -3.70. The van der Waals surface area contributed by atoms with E-state index in [1.54, 1.807) is 0 Å². The molecule has 2 N–H and O–H groups in total. The quantitative estimate of drug-likeness (QED) is 0.345. The minimum Gasteiger partial charge on any atom is -0.357 e. The van der Waals surface area contributed by atoms with Gasteiger partial charge in [-0.1, -0.05) is 36.4 Å². The highest BCUT2D eigenvalue weighted by Crippen LogP contribution is 2.14. The van der Waals surface area contributed by atoms with E-state index in [4.69, 9.17) is 0 Å². The lowest BCUT2D eigenvalue weighted by Gasteiger charge is -2.12. The number of rotatable bonds is 7. The van der Waals surface area contributed by atoms with Crippen molar-refractivity contribution in [3.63, 3.8) is 0 Å². The van der Waals surface area contributed by atoms with Crippen LogP contribution in [0, 0.1) is 12.7 Å². The number of hydrogen-bond donors (Lipinski definition) is 2. The molecule has 0 unspecified atom stereocenters. The molecule has 148 valence electrons. The summed E-state index contributed by atoms with van der Waals surface area (Å²) in [6, 6.07) is 13.4. The van der Waals surface area contributed by atoms with Crippen LogP contribution in [0.1, 0.15) is 18.1 Å². The first-order valence-corrected chi connectivity index (χ1v) is 10.1. The zero-order valence-corrected chi connectivity index (χ0v) is 18.6. The largest absolute Gasteiger partial charge is 0.357 e. The third-order valence-electron chi connectivity index (χ3n) is 3.85. The maximum Gasteiger partial charge on any atom is 0.191 e. The second-order valence-electron chi connectivity index (χ2n) is 5.80. The molecule has 5 nitrogen and oxygen atoms in total. The Kier molecular flexibility index (Phi) is 9.71. The molecule has 2 aromatic rings. The molecule has 0 aliphatic carbocycles. The molecule has 0 bridgehead atoms. The summed E-state index contributed by atoms with van der Waals surface area (Å²) in [6.07, 6.45) is 0. The van der Waals surface area contributed by atoms with E-state index >= 15 is 0 Å². The summed E-state index contributed by atoms with van der Waals surface area (Å²) in [5.41, 5.74) is 2.25. The van der Waals surface area contributed by atoms with Crippen LogP contribution in [0.3, 0.4) is 0 Å².